The summed E-state index contributed by atoms with van der Waals surface area (Å²) in [6.45, 7) is 2.75. The van der Waals surface area contributed by atoms with Gasteiger partial charge in [-0.1, -0.05) is 6.07 Å². The molecular weight excluding hydrogens is 344 g/mol. The molecule has 0 fully saturated rings. The van der Waals surface area contributed by atoms with Crippen LogP contribution in [0.5, 0.6) is 11.5 Å². The minimum Gasteiger partial charge on any atom is -0.504 e. The molecule has 1 aromatic carbocycles. The summed E-state index contributed by atoms with van der Waals surface area (Å²) < 4.78 is 12.5. The molecule has 1 aliphatic rings. The fourth-order valence-corrected chi connectivity index (χ4v) is 3.62. The number of benzene rings is 1. The monoisotopic (exact) mass is 364 g/mol. The van der Waals surface area contributed by atoms with Gasteiger partial charge in [0, 0.05) is 35.6 Å². The van der Waals surface area contributed by atoms with E-state index >= 15 is 0 Å². The molecule has 3 heterocycles. The lowest BCUT2D eigenvalue weighted by atomic mass is 9.94. The number of phenolic OH excluding ortho intramolecular Hbond substituents is 1. The van der Waals surface area contributed by atoms with Crippen LogP contribution in [0.3, 0.4) is 0 Å². The van der Waals surface area contributed by atoms with Crippen LogP contribution in [0, 0.1) is 0 Å². The number of ether oxygens (including phenoxy) is 2. The number of methoxy groups -OCH3 is 1. The maximum absolute atomic E-state index is 12.5. The number of hydrogen-bond donors (Lipinski definition) is 1. The van der Waals surface area contributed by atoms with E-state index in [0.29, 0.717) is 24.6 Å². The number of esters is 1. The van der Waals surface area contributed by atoms with Crippen molar-refractivity contribution in [1.29, 1.82) is 0 Å². The maximum Gasteiger partial charge on any atom is 0.354 e. The molecule has 1 aliphatic heterocycles. The van der Waals surface area contributed by atoms with Gasteiger partial charge in [-0.2, -0.15) is 0 Å². The predicted octanol–water partition coefficient (Wildman–Crippen LogP) is 3.66. The molecule has 0 aliphatic carbocycles. The molecule has 0 amide bonds. The van der Waals surface area contributed by atoms with Gasteiger partial charge >= 0.3 is 5.97 Å². The van der Waals surface area contributed by atoms with Crippen LogP contribution in [0.2, 0.25) is 0 Å². The van der Waals surface area contributed by atoms with Gasteiger partial charge < -0.3 is 19.1 Å². The van der Waals surface area contributed by atoms with Crippen molar-refractivity contribution < 1.29 is 19.4 Å². The van der Waals surface area contributed by atoms with Crippen LogP contribution < -0.4 is 4.74 Å². The number of hydrogen-bond acceptors (Lipinski definition) is 5. The molecule has 3 aromatic rings. The van der Waals surface area contributed by atoms with Crippen molar-refractivity contribution in [3.8, 4) is 33.9 Å². The molecule has 1 N–H and O–H groups in total. The highest BCUT2D eigenvalue weighted by Crippen LogP contribution is 2.43. The minimum atomic E-state index is -0.352. The molecule has 0 unspecified atom stereocenters. The van der Waals surface area contributed by atoms with Crippen LogP contribution in [0.1, 0.15) is 23.0 Å². The van der Waals surface area contributed by atoms with Gasteiger partial charge in [0.15, 0.2) is 11.5 Å². The Morgan fingerprint density at radius 1 is 1.30 bits per heavy atom. The van der Waals surface area contributed by atoms with Crippen molar-refractivity contribution in [2.24, 2.45) is 0 Å². The molecule has 138 valence electrons. The normalized spacial score (nSPS) is 12.2. The van der Waals surface area contributed by atoms with Crippen molar-refractivity contribution in [2.45, 2.75) is 19.9 Å². The molecule has 0 saturated heterocycles. The summed E-state index contributed by atoms with van der Waals surface area (Å²) in [4.78, 5) is 16.7. The highest BCUT2D eigenvalue weighted by atomic mass is 16.5. The van der Waals surface area contributed by atoms with E-state index in [1.807, 2.05) is 28.8 Å². The van der Waals surface area contributed by atoms with Crippen molar-refractivity contribution in [2.75, 3.05) is 13.7 Å². The second kappa shape index (κ2) is 6.79. The lowest BCUT2D eigenvalue weighted by Gasteiger charge is -2.23. The SMILES string of the molecule is CCOC(=O)c1cc(-c2cccnc2)c2n1CCc1cc(OC)c(O)cc1-2. The number of carbonyl (C=O) groups is 1. The van der Waals surface area contributed by atoms with Gasteiger partial charge in [-0.05, 0) is 43.2 Å². The van der Waals surface area contributed by atoms with Gasteiger partial charge in [-0.25, -0.2) is 4.79 Å². The van der Waals surface area contributed by atoms with Crippen LogP contribution >= 0.6 is 0 Å². The van der Waals surface area contributed by atoms with E-state index in [2.05, 4.69) is 4.98 Å². The van der Waals surface area contributed by atoms with Gasteiger partial charge in [0.05, 0.1) is 19.4 Å². The average molecular weight is 364 g/mol. The molecular formula is C21H20N2O4. The van der Waals surface area contributed by atoms with Crippen LogP contribution in [0.25, 0.3) is 22.4 Å². The predicted molar refractivity (Wildman–Crippen MR) is 101 cm³/mol. The Morgan fingerprint density at radius 3 is 2.85 bits per heavy atom. The first-order valence-electron chi connectivity index (χ1n) is 8.85. The molecule has 0 atom stereocenters. The third-order valence-electron chi connectivity index (χ3n) is 4.82. The Labute approximate surface area is 157 Å². The van der Waals surface area contributed by atoms with Crippen LogP contribution in [0.15, 0.2) is 42.7 Å². The largest absolute Gasteiger partial charge is 0.504 e. The summed E-state index contributed by atoms with van der Waals surface area (Å²) in [7, 11) is 1.53. The number of carbonyl (C=O) groups excluding carboxylic acids is 1. The highest BCUT2D eigenvalue weighted by molar-refractivity contribution is 5.95. The Balaban J connectivity index is 1.97. The van der Waals surface area contributed by atoms with Crippen molar-refractivity contribution in [3.05, 3.63) is 54.0 Å². The van der Waals surface area contributed by atoms with Gasteiger partial charge in [-0.15, -0.1) is 0 Å². The van der Waals surface area contributed by atoms with Crippen molar-refractivity contribution >= 4 is 5.97 Å². The van der Waals surface area contributed by atoms with Gasteiger partial charge in [0.1, 0.15) is 5.69 Å². The lowest BCUT2D eigenvalue weighted by Crippen LogP contribution is -2.17. The summed E-state index contributed by atoms with van der Waals surface area (Å²) in [6, 6.07) is 9.22. The van der Waals surface area contributed by atoms with Crippen LogP contribution in [-0.4, -0.2) is 34.3 Å². The number of rotatable bonds is 4. The Hall–Kier alpha value is -3.28. The zero-order valence-electron chi connectivity index (χ0n) is 15.2. The third-order valence-corrected chi connectivity index (χ3v) is 4.82. The van der Waals surface area contributed by atoms with E-state index in [-0.39, 0.29) is 11.7 Å². The molecule has 4 rings (SSSR count). The summed E-state index contributed by atoms with van der Waals surface area (Å²) in [6.07, 6.45) is 4.21. The summed E-state index contributed by atoms with van der Waals surface area (Å²) in [5.74, 6) is 0.165. The Bertz CT molecular complexity index is 1010. The standard InChI is InChI=1S/C21H20N2O4/c1-3-27-21(25)17-10-15(14-5-4-7-22-12-14)20-16-11-18(24)19(26-2)9-13(16)6-8-23(17)20/h4-5,7,9-12,24H,3,6,8H2,1-2H3. The fourth-order valence-electron chi connectivity index (χ4n) is 3.62. The number of nitrogens with zero attached hydrogens (tertiary/aromatic N) is 2. The maximum atomic E-state index is 12.5. The second-order valence-corrected chi connectivity index (χ2v) is 6.34. The highest BCUT2D eigenvalue weighted by Gasteiger charge is 2.28. The molecule has 6 nitrogen and oxygen atoms in total. The number of aromatic hydroxyl groups is 1. The number of aromatic nitrogens is 2. The molecule has 0 radical (unpaired) electrons. The Morgan fingerprint density at radius 2 is 2.15 bits per heavy atom. The van der Waals surface area contributed by atoms with Gasteiger partial charge in [-0.3, -0.25) is 4.98 Å². The first-order valence-corrected chi connectivity index (χ1v) is 8.85. The Kier molecular flexibility index (Phi) is 4.32. The third kappa shape index (κ3) is 2.83. The fraction of sp³-hybridized carbons (Fsp3) is 0.238. The molecule has 0 bridgehead atoms. The quantitative estimate of drug-likeness (QED) is 0.715. The molecule has 2 aromatic heterocycles. The van der Waals surface area contributed by atoms with E-state index in [1.54, 1.807) is 25.4 Å². The number of aryl methyl sites for hydroxylation is 1. The summed E-state index contributed by atoms with van der Waals surface area (Å²) >= 11 is 0. The van der Waals surface area contributed by atoms with Crippen molar-refractivity contribution in [1.82, 2.24) is 9.55 Å². The lowest BCUT2D eigenvalue weighted by molar-refractivity contribution is 0.0514. The van der Waals surface area contributed by atoms with Crippen LogP contribution in [-0.2, 0) is 17.7 Å². The average Bonchev–Trinajstić information content (AvgIpc) is 3.08. The molecule has 27 heavy (non-hydrogen) atoms. The number of fused-ring (bicyclic) bond motifs is 3. The van der Waals surface area contributed by atoms with E-state index < -0.39 is 0 Å². The van der Waals surface area contributed by atoms with Crippen molar-refractivity contribution in [3.63, 3.8) is 0 Å². The minimum absolute atomic E-state index is 0.0701. The topological polar surface area (TPSA) is 73.6 Å². The smallest absolute Gasteiger partial charge is 0.354 e. The molecule has 0 saturated carbocycles. The number of phenols is 1. The summed E-state index contributed by atoms with van der Waals surface area (Å²) in [5.41, 5.74) is 5.12. The first-order chi connectivity index (χ1) is 13.1. The van der Waals surface area contributed by atoms with E-state index in [9.17, 15) is 9.90 Å². The zero-order chi connectivity index (χ0) is 19.0. The van der Waals surface area contributed by atoms with Gasteiger partial charge in [0.2, 0.25) is 0 Å². The van der Waals surface area contributed by atoms with Gasteiger partial charge in [0.25, 0.3) is 0 Å². The number of pyridine rings is 1. The summed E-state index contributed by atoms with van der Waals surface area (Å²) in [5, 5.41) is 10.3. The van der Waals surface area contributed by atoms with Crippen LogP contribution in [0.4, 0.5) is 0 Å². The van der Waals surface area contributed by atoms with E-state index in [1.165, 1.54) is 7.11 Å². The first kappa shape index (κ1) is 17.1. The zero-order valence-corrected chi connectivity index (χ0v) is 15.2. The molecule has 0 spiro atoms. The van der Waals surface area contributed by atoms with E-state index in [4.69, 9.17) is 9.47 Å². The second-order valence-electron chi connectivity index (χ2n) is 6.34. The molecule has 6 heteroatoms. The van der Waals surface area contributed by atoms with E-state index in [0.717, 1.165) is 34.4 Å².